The maximum Gasteiger partial charge on any atom is 0.408 e. The summed E-state index contributed by atoms with van der Waals surface area (Å²) in [4.78, 5) is 42.0. The summed E-state index contributed by atoms with van der Waals surface area (Å²) in [5.41, 5.74) is 3.08. The van der Waals surface area contributed by atoms with Crippen molar-refractivity contribution in [2.45, 2.75) is 84.9 Å². The number of nitrogens with one attached hydrogen (secondary N) is 2. The summed E-state index contributed by atoms with van der Waals surface area (Å²) in [6, 6.07) is 10.7. The van der Waals surface area contributed by atoms with Crippen LogP contribution in [0.4, 0.5) is 10.5 Å². The van der Waals surface area contributed by atoms with Crippen molar-refractivity contribution in [3.8, 4) is 0 Å². The molecular formula is C32H45N3O5. The van der Waals surface area contributed by atoms with Gasteiger partial charge in [0.15, 0.2) is 0 Å². The number of aliphatic hydroxyl groups is 1. The minimum atomic E-state index is -1.29. The van der Waals surface area contributed by atoms with E-state index in [1.807, 2.05) is 50.2 Å². The Morgan fingerprint density at radius 3 is 2.27 bits per heavy atom. The van der Waals surface area contributed by atoms with Gasteiger partial charge in [0.1, 0.15) is 17.7 Å². The van der Waals surface area contributed by atoms with Crippen molar-refractivity contribution in [2.24, 2.45) is 0 Å². The summed E-state index contributed by atoms with van der Waals surface area (Å²) in [6.45, 7) is 14.5. The number of para-hydroxylation sites is 1. The second-order valence-electron chi connectivity index (χ2n) is 11.0. The normalized spacial score (nSPS) is 12.7. The predicted molar refractivity (Wildman–Crippen MR) is 160 cm³/mol. The Balaban J connectivity index is 2.56. The average molecular weight is 552 g/mol. The highest BCUT2D eigenvalue weighted by atomic mass is 16.6. The fraction of sp³-hybridized carbons (Fsp3) is 0.469. The van der Waals surface area contributed by atoms with Crippen LogP contribution in [0.2, 0.25) is 0 Å². The van der Waals surface area contributed by atoms with E-state index in [1.165, 1.54) is 4.90 Å². The van der Waals surface area contributed by atoms with Crippen molar-refractivity contribution < 1.29 is 24.2 Å². The highest BCUT2D eigenvalue weighted by molar-refractivity contribution is 6.00. The van der Waals surface area contributed by atoms with E-state index in [0.717, 1.165) is 36.0 Å². The molecule has 40 heavy (non-hydrogen) atoms. The van der Waals surface area contributed by atoms with Crippen LogP contribution in [0.15, 0.2) is 49.0 Å². The Morgan fingerprint density at radius 1 is 1.05 bits per heavy atom. The number of benzene rings is 2. The van der Waals surface area contributed by atoms with Crippen molar-refractivity contribution >= 4 is 29.7 Å². The maximum absolute atomic E-state index is 14.1. The van der Waals surface area contributed by atoms with Crippen LogP contribution in [-0.4, -0.2) is 52.7 Å². The Labute approximate surface area is 238 Å². The predicted octanol–water partition coefficient (Wildman–Crippen LogP) is 5.92. The second-order valence-corrected chi connectivity index (χ2v) is 11.0. The summed E-state index contributed by atoms with van der Waals surface area (Å²) in [5, 5.41) is 15.7. The van der Waals surface area contributed by atoms with Gasteiger partial charge in [-0.3, -0.25) is 9.59 Å². The van der Waals surface area contributed by atoms with Gasteiger partial charge >= 0.3 is 6.09 Å². The number of aliphatic hydroxyl groups excluding tert-OH is 1. The van der Waals surface area contributed by atoms with Crippen molar-refractivity contribution in [1.29, 1.82) is 0 Å². The van der Waals surface area contributed by atoms with E-state index in [9.17, 15) is 19.5 Å². The minimum absolute atomic E-state index is 0.258. The van der Waals surface area contributed by atoms with E-state index < -0.39 is 42.2 Å². The molecule has 218 valence electrons. The van der Waals surface area contributed by atoms with Crippen LogP contribution >= 0.6 is 0 Å². The van der Waals surface area contributed by atoms with Crippen LogP contribution < -0.4 is 10.6 Å². The average Bonchev–Trinajstić information content (AvgIpc) is 2.89. The van der Waals surface area contributed by atoms with Gasteiger partial charge in [-0.1, -0.05) is 75.2 Å². The van der Waals surface area contributed by atoms with E-state index in [2.05, 4.69) is 24.1 Å². The number of aryl methyl sites for hydroxylation is 2. The number of unbranched alkanes of at least 4 members (excludes halogenated alkanes) is 3. The zero-order chi connectivity index (χ0) is 29.9. The van der Waals surface area contributed by atoms with Crippen molar-refractivity contribution in [2.75, 3.05) is 18.5 Å². The first-order chi connectivity index (χ1) is 18.9. The Bertz CT molecular complexity index is 1150. The van der Waals surface area contributed by atoms with Gasteiger partial charge in [0.05, 0.1) is 6.61 Å². The molecule has 2 aromatic carbocycles. The summed E-state index contributed by atoms with van der Waals surface area (Å²) < 4.78 is 5.32. The largest absolute Gasteiger partial charge is 0.444 e. The number of hydrogen-bond acceptors (Lipinski definition) is 5. The molecule has 0 spiro atoms. The molecule has 0 aliphatic heterocycles. The lowest BCUT2D eigenvalue weighted by molar-refractivity contribution is -0.141. The first-order valence-corrected chi connectivity index (χ1v) is 13.9. The molecule has 8 heteroatoms. The molecule has 0 radical (unpaired) electrons. The van der Waals surface area contributed by atoms with E-state index in [1.54, 1.807) is 32.9 Å². The summed E-state index contributed by atoms with van der Waals surface area (Å²) in [6.07, 6.45) is 4.35. The van der Waals surface area contributed by atoms with Gasteiger partial charge in [-0.05, 0) is 69.4 Å². The van der Waals surface area contributed by atoms with Crippen LogP contribution in [0, 0.1) is 13.8 Å². The number of alkyl carbamates (subject to hydrolysis) is 1. The molecule has 0 saturated carbocycles. The lowest BCUT2D eigenvalue weighted by Crippen LogP contribution is -2.54. The molecule has 0 fully saturated rings. The van der Waals surface area contributed by atoms with Crippen molar-refractivity contribution in [3.05, 3.63) is 71.3 Å². The monoisotopic (exact) mass is 551 g/mol. The molecule has 3 amide bonds. The van der Waals surface area contributed by atoms with Gasteiger partial charge in [-0.2, -0.15) is 0 Å². The van der Waals surface area contributed by atoms with Gasteiger partial charge in [0.25, 0.3) is 5.91 Å². The van der Waals surface area contributed by atoms with Crippen LogP contribution in [0.25, 0.3) is 6.08 Å². The van der Waals surface area contributed by atoms with Gasteiger partial charge < -0.3 is 25.4 Å². The molecule has 0 aliphatic rings. The van der Waals surface area contributed by atoms with Gasteiger partial charge in [0, 0.05) is 12.2 Å². The number of anilines is 1. The molecule has 8 nitrogen and oxygen atoms in total. The third kappa shape index (κ3) is 9.52. The quantitative estimate of drug-likeness (QED) is 0.268. The SMILES string of the molecule is C=Cc1cccc(C(C(=O)Nc2c(C)cccc2C)N(CCCCCC)C(=O)C(CO)NC(=O)OC(C)(C)C)c1. The van der Waals surface area contributed by atoms with E-state index in [4.69, 9.17) is 4.74 Å². The number of carbonyl (C=O) groups is 3. The van der Waals surface area contributed by atoms with Crippen molar-refractivity contribution in [3.63, 3.8) is 0 Å². The lowest BCUT2D eigenvalue weighted by atomic mass is 9.99. The van der Waals surface area contributed by atoms with E-state index in [-0.39, 0.29) is 6.54 Å². The highest BCUT2D eigenvalue weighted by Crippen LogP contribution is 2.28. The zero-order valence-corrected chi connectivity index (χ0v) is 24.8. The van der Waals surface area contributed by atoms with Crippen molar-refractivity contribution in [1.82, 2.24) is 10.2 Å². The molecule has 0 aromatic heterocycles. The zero-order valence-electron chi connectivity index (χ0n) is 24.8. The van der Waals surface area contributed by atoms with Gasteiger partial charge in [0.2, 0.25) is 5.91 Å². The third-order valence-electron chi connectivity index (χ3n) is 6.46. The number of rotatable bonds is 13. The van der Waals surface area contributed by atoms with Crippen LogP contribution in [0.1, 0.15) is 81.7 Å². The number of carbonyl (C=O) groups excluding carboxylic acids is 3. The van der Waals surface area contributed by atoms with Crippen LogP contribution in [0.5, 0.6) is 0 Å². The van der Waals surface area contributed by atoms with E-state index in [0.29, 0.717) is 17.7 Å². The molecule has 0 bridgehead atoms. The first kappa shape index (κ1) is 32.6. The molecular weight excluding hydrogens is 506 g/mol. The number of ether oxygens (including phenoxy) is 1. The Kier molecular flexibility index (Phi) is 12.4. The Morgan fingerprint density at radius 2 is 1.70 bits per heavy atom. The number of nitrogens with zero attached hydrogens (tertiary/aromatic N) is 1. The third-order valence-corrected chi connectivity index (χ3v) is 6.46. The summed E-state index contributed by atoms with van der Waals surface area (Å²) in [7, 11) is 0. The lowest BCUT2D eigenvalue weighted by Gasteiger charge is -2.34. The fourth-order valence-electron chi connectivity index (χ4n) is 4.44. The summed E-state index contributed by atoms with van der Waals surface area (Å²) in [5.74, 6) is -0.966. The molecule has 3 N–H and O–H groups in total. The highest BCUT2D eigenvalue weighted by Gasteiger charge is 2.36. The molecule has 0 heterocycles. The number of amides is 3. The van der Waals surface area contributed by atoms with Gasteiger partial charge in [-0.25, -0.2) is 4.79 Å². The fourth-order valence-corrected chi connectivity index (χ4v) is 4.44. The molecule has 0 saturated heterocycles. The first-order valence-electron chi connectivity index (χ1n) is 13.9. The van der Waals surface area contributed by atoms with E-state index >= 15 is 0 Å². The molecule has 0 aliphatic carbocycles. The minimum Gasteiger partial charge on any atom is -0.444 e. The van der Waals surface area contributed by atoms with Crippen LogP contribution in [0.3, 0.4) is 0 Å². The van der Waals surface area contributed by atoms with Gasteiger partial charge in [-0.15, -0.1) is 0 Å². The Hall–Kier alpha value is -3.65. The second kappa shape index (κ2) is 15.2. The number of hydrogen-bond donors (Lipinski definition) is 3. The topological polar surface area (TPSA) is 108 Å². The molecule has 2 unspecified atom stereocenters. The molecule has 2 atom stereocenters. The van der Waals surface area contributed by atoms with Crippen LogP contribution in [-0.2, 0) is 14.3 Å². The molecule has 2 aromatic rings. The smallest absolute Gasteiger partial charge is 0.408 e. The maximum atomic E-state index is 14.1. The summed E-state index contributed by atoms with van der Waals surface area (Å²) >= 11 is 0. The molecule has 2 rings (SSSR count). The standard InChI is InChI=1S/C32H45N3O5/c1-8-10-11-12-19-35(30(38)26(21-36)33-31(39)40-32(5,6)7)28(25-18-14-17-24(9-2)20-25)29(37)34-27-22(3)15-13-16-23(27)4/h9,13-18,20,26,28,36H,2,8,10-12,19,21H2,1,3-7H3,(H,33,39)(H,34,37).